The number of ketones is 1. The van der Waals surface area contributed by atoms with Crippen LogP contribution in [0.2, 0.25) is 0 Å². The summed E-state index contributed by atoms with van der Waals surface area (Å²) in [5.41, 5.74) is 0.858. The summed E-state index contributed by atoms with van der Waals surface area (Å²) >= 11 is 0. The van der Waals surface area contributed by atoms with Crippen molar-refractivity contribution in [3.63, 3.8) is 0 Å². The van der Waals surface area contributed by atoms with Crippen LogP contribution in [0.25, 0.3) is 0 Å². The van der Waals surface area contributed by atoms with E-state index in [1.807, 2.05) is 6.07 Å². The SMILES string of the molecule is CCC(=O)C1=C(O)C(=O)N(CCOC)C1c1cccc(OC)c1. The monoisotopic (exact) mass is 319 g/mol. The van der Waals surface area contributed by atoms with Crippen molar-refractivity contribution in [2.24, 2.45) is 0 Å². The van der Waals surface area contributed by atoms with Gasteiger partial charge in [-0.3, -0.25) is 9.59 Å². The van der Waals surface area contributed by atoms with E-state index < -0.39 is 17.7 Å². The third-order valence-electron chi connectivity index (χ3n) is 3.87. The number of hydrogen-bond acceptors (Lipinski definition) is 5. The molecule has 0 spiro atoms. The van der Waals surface area contributed by atoms with Crippen LogP contribution in [0.1, 0.15) is 24.9 Å². The molecule has 1 aliphatic rings. The lowest BCUT2D eigenvalue weighted by atomic mass is 9.95. The summed E-state index contributed by atoms with van der Waals surface area (Å²) in [7, 11) is 3.08. The summed E-state index contributed by atoms with van der Waals surface area (Å²) in [4.78, 5) is 26.1. The van der Waals surface area contributed by atoms with E-state index in [0.717, 1.165) is 5.56 Å². The summed E-state index contributed by atoms with van der Waals surface area (Å²) in [6.45, 7) is 2.29. The molecule has 0 saturated carbocycles. The zero-order valence-corrected chi connectivity index (χ0v) is 13.5. The molecule has 0 aliphatic carbocycles. The van der Waals surface area contributed by atoms with Gasteiger partial charge in [0, 0.05) is 20.1 Å². The molecule has 6 heteroatoms. The van der Waals surface area contributed by atoms with Crippen LogP contribution in [0.15, 0.2) is 35.6 Å². The molecule has 1 atom stereocenters. The van der Waals surface area contributed by atoms with Gasteiger partial charge in [0.2, 0.25) is 0 Å². The number of Topliss-reactive ketones (excluding diaryl/α,β-unsaturated/α-hetero) is 1. The number of amides is 1. The van der Waals surface area contributed by atoms with E-state index in [1.54, 1.807) is 32.2 Å². The van der Waals surface area contributed by atoms with Crippen LogP contribution >= 0.6 is 0 Å². The topological polar surface area (TPSA) is 76.1 Å². The number of aliphatic hydroxyl groups excluding tert-OH is 1. The molecule has 1 aromatic rings. The molecule has 1 aromatic carbocycles. The molecule has 1 amide bonds. The summed E-state index contributed by atoms with van der Waals surface area (Å²) in [5.74, 6) is -0.646. The van der Waals surface area contributed by atoms with Crippen LogP contribution < -0.4 is 4.74 Å². The van der Waals surface area contributed by atoms with E-state index in [-0.39, 0.29) is 24.3 Å². The highest BCUT2D eigenvalue weighted by Crippen LogP contribution is 2.38. The molecule has 0 saturated heterocycles. The standard InChI is InChI=1S/C17H21NO5/c1-4-13(19)14-15(11-6-5-7-12(10-11)23-3)18(8-9-22-2)17(21)16(14)20/h5-7,10,15,20H,4,8-9H2,1-3H3. The molecule has 2 rings (SSSR count). The maximum absolute atomic E-state index is 12.4. The van der Waals surface area contributed by atoms with Crippen LogP contribution in [0.3, 0.4) is 0 Å². The lowest BCUT2D eigenvalue weighted by Crippen LogP contribution is -2.33. The van der Waals surface area contributed by atoms with Crippen molar-refractivity contribution in [3.8, 4) is 5.75 Å². The van der Waals surface area contributed by atoms with Gasteiger partial charge in [-0.2, -0.15) is 0 Å². The van der Waals surface area contributed by atoms with Crippen molar-refractivity contribution < 1.29 is 24.2 Å². The number of benzene rings is 1. The Morgan fingerprint density at radius 3 is 2.70 bits per heavy atom. The molecule has 1 N–H and O–H groups in total. The number of hydrogen-bond donors (Lipinski definition) is 1. The molecule has 6 nitrogen and oxygen atoms in total. The lowest BCUT2D eigenvalue weighted by molar-refractivity contribution is -0.130. The van der Waals surface area contributed by atoms with Crippen LogP contribution in [-0.2, 0) is 14.3 Å². The number of ether oxygens (including phenoxy) is 2. The lowest BCUT2D eigenvalue weighted by Gasteiger charge is -2.26. The average Bonchev–Trinajstić information content (AvgIpc) is 2.83. The van der Waals surface area contributed by atoms with E-state index in [2.05, 4.69) is 0 Å². The zero-order valence-electron chi connectivity index (χ0n) is 13.5. The fraction of sp³-hybridized carbons (Fsp3) is 0.412. The second-order valence-electron chi connectivity index (χ2n) is 5.21. The van der Waals surface area contributed by atoms with E-state index in [4.69, 9.17) is 9.47 Å². The first kappa shape index (κ1) is 17.0. The Balaban J connectivity index is 2.50. The molecule has 124 valence electrons. The van der Waals surface area contributed by atoms with Crippen molar-refractivity contribution in [1.82, 2.24) is 4.90 Å². The van der Waals surface area contributed by atoms with Gasteiger partial charge >= 0.3 is 0 Å². The third kappa shape index (κ3) is 3.22. The van der Waals surface area contributed by atoms with Gasteiger partial charge in [0.15, 0.2) is 11.5 Å². The second-order valence-corrected chi connectivity index (χ2v) is 5.21. The molecule has 0 bridgehead atoms. The molecule has 1 heterocycles. The Labute approximate surface area is 135 Å². The Bertz CT molecular complexity index is 638. The summed E-state index contributed by atoms with van der Waals surface area (Å²) < 4.78 is 10.2. The maximum atomic E-state index is 12.4. The first-order valence-electron chi connectivity index (χ1n) is 7.45. The number of carbonyl (C=O) groups is 2. The van der Waals surface area contributed by atoms with Gasteiger partial charge < -0.3 is 19.5 Å². The van der Waals surface area contributed by atoms with Gasteiger partial charge in [-0.05, 0) is 17.7 Å². The molecular formula is C17H21NO5. The molecule has 0 aromatic heterocycles. The van der Waals surface area contributed by atoms with Crippen LogP contribution in [0.5, 0.6) is 5.75 Å². The molecule has 23 heavy (non-hydrogen) atoms. The molecule has 1 unspecified atom stereocenters. The molecular weight excluding hydrogens is 298 g/mol. The highest BCUT2D eigenvalue weighted by molar-refractivity contribution is 6.08. The number of aliphatic hydroxyl groups is 1. The van der Waals surface area contributed by atoms with E-state index in [1.165, 1.54) is 12.0 Å². The van der Waals surface area contributed by atoms with Gasteiger partial charge in [-0.1, -0.05) is 19.1 Å². The Hall–Kier alpha value is -2.34. The number of rotatable bonds is 7. The molecule has 0 fully saturated rings. The minimum Gasteiger partial charge on any atom is -0.503 e. The number of nitrogens with zero attached hydrogens (tertiary/aromatic N) is 1. The normalized spacial score (nSPS) is 17.8. The second kappa shape index (κ2) is 7.28. The molecule has 1 aliphatic heterocycles. The minimum absolute atomic E-state index is 0.141. The van der Waals surface area contributed by atoms with Gasteiger partial charge in [0.1, 0.15) is 5.75 Å². The highest BCUT2D eigenvalue weighted by Gasteiger charge is 2.42. The van der Waals surface area contributed by atoms with E-state index in [9.17, 15) is 14.7 Å². The predicted octanol–water partition coefficient (Wildman–Crippen LogP) is 2.02. The molecule has 0 radical (unpaired) electrons. The van der Waals surface area contributed by atoms with Crippen LogP contribution in [0.4, 0.5) is 0 Å². The van der Waals surface area contributed by atoms with Gasteiger partial charge in [-0.25, -0.2) is 0 Å². The largest absolute Gasteiger partial charge is 0.503 e. The van der Waals surface area contributed by atoms with Crippen molar-refractivity contribution in [2.45, 2.75) is 19.4 Å². The summed E-state index contributed by atoms with van der Waals surface area (Å²) in [5, 5.41) is 10.2. The Morgan fingerprint density at radius 1 is 1.35 bits per heavy atom. The Morgan fingerprint density at radius 2 is 2.09 bits per heavy atom. The minimum atomic E-state index is -0.625. The van der Waals surface area contributed by atoms with Gasteiger partial charge in [-0.15, -0.1) is 0 Å². The smallest absolute Gasteiger partial charge is 0.290 e. The number of carbonyl (C=O) groups excluding carboxylic acids is 2. The first-order valence-corrected chi connectivity index (χ1v) is 7.45. The van der Waals surface area contributed by atoms with Gasteiger partial charge in [0.25, 0.3) is 5.91 Å². The average molecular weight is 319 g/mol. The van der Waals surface area contributed by atoms with Crippen molar-refractivity contribution >= 4 is 11.7 Å². The van der Waals surface area contributed by atoms with E-state index >= 15 is 0 Å². The third-order valence-corrected chi connectivity index (χ3v) is 3.87. The Kier molecular flexibility index (Phi) is 5.39. The fourth-order valence-corrected chi connectivity index (χ4v) is 2.71. The number of methoxy groups -OCH3 is 2. The first-order chi connectivity index (χ1) is 11.0. The van der Waals surface area contributed by atoms with Crippen molar-refractivity contribution in [1.29, 1.82) is 0 Å². The van der Waals surface area contributed by atoms with Crippen molar-refractivity contribution in [2.75, 3.05) is 27.4 Å². The quantitative estimate of drug-likeness (QED) is 0.832. The zero-order chi connectivity index (χ0) is 17.0. The fourth-order valence-electron chi connectivity index (χ4n) is 2.71. The van der Waals surface area contributed by atoms with E-state index in [0.29, 0.717) is 12.4 Å². The van der Waals surface area contributed by atoms with Crippen LogP contribution in [-0.4, -0.2) is 49.1 Å². The summed E-state index contributed by atoms with van der Waals surface area (Å²) in [6.07, 6.45) is 0.214. The van der Waals surface area contributed by atoms with Crippen LogP contribution in [0, 0.1) is 0 Å². The summed E-state index contributed by atoms with van der Waals surface area (Å²) in [6, 6.07) is 6.52. The highest BCUT2D eigenvalue weighted by atomic mass is 16.5. The van der Waals surface area contributed by atoms with Gasteiger partial charge in [0.05, 0.1) is 25.3 Å². The predicted molar refractivity (Wildman–Crippen MR) is 84.3 cm³/mol. The van der Waals surface area contributed by atoms with Crippen molar-refractivity contribution in [3.05, 3.63) is 41.2 Å². The maximum Gasteiger partial charge on any atom is 0.290 e.